The average molecular weight is 228 g/mol. The van der Waals surface area contributed by atoms with E-state index in [0.29, 0.717) is 32.5 Å². The number of likely N-dealkylation sites (N-methyl/N-ethyl adjacent to an activating group) is 1. The van der Waals surface area contributed by atoms with Gasteiger partial charge in [0.1, 0.15) is 0 Å². The molecule has 0 aromatic rings. The first-order valence-corrected chi connectivity index (χ1v) is 5.55. The summed E-state index contributed by atoms with van der Waals surface area (Å²) in [6.07, 6.45) is 1.43. The molecule has 0 unspecified atom stereocenters. The first-order valence-electron chi connectivity index (χ1n) is 5.55. The van der Waals surface area contributed by atoms with Gasteiger partial charge in [-0.25, -0.2) is 0 Å². The van der Waals surface area contributed by atoms with E-state index in [0.717, 1.165) is 0 Å². The van der Waals surface area contributed by atoms with Gasteiger partial charge < -0.3 is 14.5 Å². The lowest BCUT2D eigenvalue weighted by Crippen LogP contribution is -2.44. The van der Waals surface area contributed by atoms with Crippen LogP contribution in [0.25, 0.3) is 0 Å². The van der Waals surface area contributed by atoms with Crippen molar-refractivity contribution in [3.63, 3.8) is 0 Å². The van der Waals surface area contributed by atoms with Gasteiger partial charge in [0.05, 0.1) is 19.6 Å². The molecule has 5 nitrogen and oxygen atoms in total. The Morgan fingerprint density at radius 1 is 1.31 bits per heavy atom. The van der Waals surface area contributed by atoms with Crippen molar-refractivity contribution < 1.29 is 14.3 Å². The van der Waals surface area contributed by atoms with Crippen molar-refractivity contribution in [3.05, 3.63) is 0 Å². The highest BCUT2D eigenvalue weighted by Crippen LogP contribution is 2.18. The fourth-order valence-electron chi connectivity index (χ4n) is 1.90. The number of ether oxygens (including phenoxy) is 1. The number of likely N-dealkylation sites (tertiary alicyclic amines) is 1. The molecule has 0 spiro atoms. The van der Waals surface area contributed by atoms with E-state index in [1.807, 2.05) is 23.9 Å². The van der Waals surface area contributed by atoms with Crippen LogP contribution in [0.5, 0.6) is 0 Å². The number of amides is 1. The molecule has 0 aliphatic carbocycles. The van der Waals surface area contributed by atoms with Gasteiger partial charge in [0.2, 0.25) is 5.91 Å². The smallest absolute Gasteiger partial charge is 0.308 e. The molecule has 1 aliphatic rings. The highest BCUT2D eigenvalue weighted by molar-refractivity contribution is 5.79. The van der Waals surface area contributed by atoms with E-state index < -0.39 is 0 Å². The molecular weight excluding hydrogens is 208 g/mol. The van der Waals surface area contributed by atoms with Gasteiger partial charge in [-0.1, -0.05) is 0 Å². The molecule has 1 rings (SSSR count). The Bertz CT molecular complexity index is 258. The molecule has 0 N–H and O–H groups in total. The van der Waals surface area contributed by atoms with Gasteiger partial charge in [-0.2, -0.15) is 0 Å². The van der Waals surface area contributed by atoms with E-state index in [4.69, 9.17) is 4.74 Å². The van der Waals surface area contributed by atoms with E-state index in [1.165, 1.54) is 7.11 Å². The maximum absolute atomic E-state index is 11.7. The number of nitrogens with zero attached hydrogens (tertiary/aromatic N) is 2. The Labute approximate surface area is 96.3 Å². The maximum atomic E-state index is 11.7. The lowest BCUT2D eigenvalue weighted by molar-refractivity contribution is -0.149. The number of carbonyl (C=O) groups is 2. The largest absolute Gasteiger partial charge is 0.469 e. The van der Waals surface area contributed by atoms with E-state index in [1.54, 1.807) is 0 Å². The SMILES string of the molecule is COC(=O)C1CCN(C(=O)CN(C)C)CC1. The number of esters is 1. The summed E-state index contributed by atoms with van der Waals surface area (Å²) in [4.78, 5) is 26.7. The van der Waals surface area contributed by atoms with Gasteiger partial charge in [0.15, 0.2) is 0 Å². The molecule has 92 valence electrons. The summed E-state index contributed by atoms with van der Waals surface area (Å²) in [5, 5.41) is 0. The average Bonchev–Trinajstić information content (AvgIpc) is 2.27. The lowest BCUT2D eigenvalue weighted by Gasteiger charge is -2.31. The molecular formula is C11H20N2O3. The van der Waals surface area contributed by atoms with Crippen LogP contribution >= 0.6 is 0 Å². The van der Waals surface area contributed by atoms with Crippen molar-refractivity contribution in [2.45, 2.75) is 12.8 Å². The maximum Gasteiger partial charge on any atom is 0.308 e. The highest BCUT2D eigenvalue weighted by Gasteiger charge is 2.27. The Hall–Kier alpha value is -1.10. The van der Waals surface area contributed by atoms with Crippen molar-refractivity contribution in [3.8, 4) is 0 Å². The summed E-state index contributed by atoms with van der Waals surface area (Å²) in [6, 6.07) is 0. The van der Waals surface area contributed by atoms with Crippen LogP contribution in [0.1, 0.15) is 12.8 Å². The molecule has 1 heterocycles. The molecule has 1 aliphatic heterocycles. The van der Waals surface area contributed by atoms with E-state index in [2.05, 4.69) is 0 Å². The molecule has 16 heavy (non-hydrogen) atoms. The van der Waals surface area contributed by atoms with Crippen LogP contribution in [0, 0.1) is 5.92 Å². The second kappa shape index (κ2) is 5.84. The van der Waals surface area contributed by atoms with Crippen LogP contribution in [0.2, 0.25) is 0 Å². The zero-order valence-corrected chi connectivity index (χ0v) is 10.2. The number of rotatable bonds is 3. The van der Waals surface area contributed by atoms with Crippen molar-refractivity contribution >= 4 is 11.9 Å². The zero-order chi connectivity index (χ0) is 12.1. The van der Waals surface area contributed by atoms with Gasteiger partial charge in [-0.15, -0.1) is 0 Å². The fourth-order valence-corrected chi connectivity index (χ4v) is 1.90. The summed E-state index contributed by atoms with van der Waals surface area (Å²) >= 11 is 0. The van der Waals surface area contributed by atoms with Crippen molar-refractivity contribution in [1.82, 2.24) is 9.80 Å². The normalized spacial score (nSPS) is 17.6. The topological polar surface area (TPSA) is 49.9 Å². The second-order valence-electron chi connectivity index (χ2n) is 4.42. The second-order valence-corrected chi connectivity index (χ2v) is 4.42. The molecule has 1 saturated heterocycles. The third kappa shape index (κ3) is 3.48. The number of methoxy groups -OCH3 is 1. The van der Waals surface area contributed by atoms with Crippen LogP contribution in [0.4, 0.5) is 0 Å². The molecule has 1 fully saturated rings. The molecule has 0 bridgehead atoms. The van der Waals surface area contributed by atoms with Crippen molar-refractivity contribution in [1.29, 1.82) is 0 Å². The molecule has 1 amide bonds. The molecule has 5 heteroatoms. The van der Waals surface area contributed by atoms with Crippen LogP contribution in [-0.2, 0) is 14.3 Å². The summed E-state index contributed by atoms with van der Waals surface area (Å²) in [6.45, 7) is 1.75. The first-order chi connectivity index (χ1) is 7.54. The fraction of sp³-hybridized carbons (Fsp3) is 0.818. The van der Waals surface area contributed by atoms with Gasteiger partial charge in [0, 0.05) is 13.1 Å². The Kier molecular flexibility index (Phi) is 4.73. The Balaban J connectivity index is 2.37. The van der Waals surface area contributed by atoms with Crippen molar-refractivity contribution in [2.75, 3.05) is 40.8 Å². The number of carbonyl (C=O) groups excluding carboxylic acids is 2. The third-order valence-electron chi connectivity index (χ3n) is 2.83. The predicted molar refractivity (Wildman–Crippen MR) is 59.9 cm³/mol. The highest BCUT2D eigenvalue weighted by atomic mass is 16.5. The Morgan fingerprint density at radius 3 is 2.31 bits per heavy atom. The first kappa shape index (κ1) is 13.0. The number of piperidine rings is 1. The third-order valence-corrected chi connectivity index (χ3v) is 2.83. The number of hydrogen-bond donors (Lipinski definition) is 0. The van der Waals surface area contributed by atoms with Crippen molar-refractivity contribution in [2.24, 2.45) is 5.92 Å². The van der Waals surface area contributed by atoms with E-state index in [-0.39, 0.29) is 17.8 Å². The quantitative estimate of drug-likeness (QED) is 0.636. The standard InChI is InChI=1S/C11H20N2O3/c1-12(2)8-10(14)13-6-4-9(5-7-13)11(15)16-3/h9H,4-8H2,1-3H3. The van der Waals surface area contributed by atoms with Crippen LogP contribution in [0.3, 0.4) is 0 Å². The zero-order valence-electron chi connectivity index (χ0n) is 10.2. The van der Waals surface area contributed by atoms with Gasteiger partial charge in [0.25, 0.3) is 0 Å². The molecule has 0 saturated carbocycles. The van der Waals surface area contributed by atoms with Gasteiger partial charge in [-0.05, 0) is 26.9 Å². The molecule has 0 aromatic carbocycles. The predicted octanol–water partition coefficient (Wildman–Crippen LogP) is -0.0404. The van der Waals surface area contributed by atoms with E-state index in [9.17, 15) is 9.59 Å². The minimum absolute atomic E-state index is 0.0339. The molecule has 0 atom stereocenters. The summed E-state index contributed by atoms with van der Waals surface area (Å²) in [5.41, 5.74) is 0. The summed E-state index contributed by atoms with van der Waals surface area (Å²) < 4.78 is 4.70. The lowest BCUT2D eigenvalue weighted by atomic mass is 9.97. The minimum Gasteiger partial charge on any atom is -0.469 e. The Morgan fingerprint density at radius 2 is 1.88 bits per heavy atom. The monoisotopic (exact) mass is 228 g/mol. The minimum atomic E-state index is -0.153. The number of hydrogen-bond acceptors (Lipinski definition) is 4. The van der Waals surface area contributed by atoms with Crippen LogP contribution < -0.4 is 0 Å². The molecule has 0 radical (unpaired) electrons. The molecule has 0 aromatic heterocycles. The summed E-state index contributed by atoms with van der Waals surface area (Å²) in [5.74, 6) is -0.0542. The van der Waals surface area contributed by atoms with Gasteiger partial charge in [-0.3, -0.25) is 9.59 Å². The van der Waals surface area contributed by atoms with E-state index >= 15 is 0 Å². The van der Waals surface area contributed by atoms with Crippen LogP contribution in [0.15, 0.2) is 0 Å². The van der Waals surface area contributed by atoms with Gasteiger partial charge >= 0.3 is 5.97 Å². The van der Waals surface area contributed by atoms with Crippen LogP contribution in [-0.4, -0.2) is 62.5 Å². The summed E-state index contributed by atoms with van der Waals surface area (Å²) in [7, 11) is 5.16.